The fourth-order valence-electron chi connectivity index (χ4n) is 3.72. The van der Waals surface area contributed by atoms with Gasteiger partial charge in [0.25, 0.3) is 0 Å². The topological polar surface area (TPSA) is 77.1 Å². The summed E-state index contributed by atoms with van der Waals surface area (Å²) in [5.74, 6) is -0.680. The fourth-order valence-corrected chi connectivity index (χ4v) is 4.83. The van der Waals surface area contributed by atoms with Crippen LogP contribution in [0.1, 0.15) is 18.2 Å². The minimum absolute atomic E-state index is 0.196. The normalized spacial score (nSPS) is 12.0. The molecule has 3 aromatic heterocycles. The molecule has 1 aliphatic rings. The largest absolute Gasteiger partial charge is 0.302 e. The van der Waals surface area contributed by atoms with Gasteiger partial charge in [-0.3, -0.25) is 9.78 Å². The second kappa shape index (κ2) is 7.41. The van der Waals surface area contributed by atoms with E-state index >= 15 is 0 Å². The fraction of sp³-hybridized carbons (Fsp3) is 0.136. The maximum Gasteiger partial charge on any atom is 0.223 e. The number of hydrogen-bond donors (Lipinski definition) is 1. The number of amides is 1. The summed E-state index contributed by atoms with van der Waals surface area (Å²) in [4.78, 5) is 24.5. The smallest absolute Gasteiger partial charge is 0.223 e. The molecular formula is C22H15FN6OS. The number of aryl methyl sites for hydroxylation is 1. The standard InChI is InChI=1S/C22H15FN6OS/c1-12(30)26-22-27-17-8-6-15-19(13-4-3-9-25-11-13)28-29(20(15)21(17)31-22)18-10-14(24-2)5-7-16(18)23/h3-5,7,9-11H,6,8H2,1H3,(H,26,27,30). The first-order chi connectivity index (χ1) is 15.0. The summed E-state index contributed by atoms with van der Waals surface area (Å²) in [6.45, 7) is 8.74. The van der Waals surface area contributed by atoms with Gasteiger partial charge in [0.1, 0.15) is 5.82 Å². The molecule has 152 valence electrons. The molecule has 9 heteroatoms. The number of benzene rings is 1. The van der Waals surface area contributed by atoms with Gasteiger partial charge in [0.2, 0.25) is 5.91 Å². The van der Waals surface area contributed by atoms with Crippen molar-refractivity contribution in [2.45, 2.75) is 19.8 Å². The lowest BCUT2D eigenvalue weighted by atomic mass is 9.95. The van der Waals surface area contributed by atoms with Crippen LogP contribution in [0.3, 0.4) is 0 Å². The Labute approximate surface area is 181 Å². The van der Waals surface area contributed by atoms with Gasteiger partial charge >= 0.3 is 0 Å². The number of thiazole rings is 1. The van der Waals surface area contributed by atoms with E-state index in [2.05, 4.69) is 20.1 Å². The van der Waals surface area contributed by atoms with Crippen molar-refractivity contribution in [1.82, 2.24) is 19.7 Å². The molecular weight excluding hydrogens is 415 g/mol. The van der Waals surface area contributed by atoms with E-state index in [-0.39, 0.29) is 11.6 Å². The van der Waals surface area contributed by atoms with E-state index in [9.17, 15) is 9.18 Å². The average Bonchev–Trinajstić information content (AvgIpc) is 3.35. The number of nitrogens with zero attached hydrogens (tertiary/aromatic N) is 5. The Balaban J connectivity index is 1.78. The number of fused-ring (bicyclic) bond motifs is 3. The first kappa shape index (κ1) is 19.1. The second-order valence-electron chi connectivity index (χ2n) is 7.05. The Kier molecular flexibility index (Phi) is 4.56. The van der Waals surface area contributed by atoms with Gasteiger partial charge in [-0.25, -0.2) is 18.9 Å². The lowest BCUT2D eigenvalue weighted by molar-refractivity contribution is -0.114. The number of carbonyl (C=O) groups excluding carboxylic acids is 1. The van der Waals surface area contributed by atoms with Crippen molar-refractivity contribution >= 4 is 28.1 Å². The molecule has 5 rings (SSSR count). The lowest BCUT2D eigenvalue weighted by Crippen LogP contribution is -2.07. The molecule has 0 spiro atoms. The summed E-state index contributed by atoms with van der Waals surface area (Å²) in [7, 11) is 0. The summed E-state index contributed by atoms with van der Waals surface area (Å²) < 4.78 is 16.4. The summed E-state index contributed by atoms with van der Waals surface area (Å²) in [6, 6.07) is 7.96. The zero-order chi connectivity index (χ0) is 21.5. The van der Waals surface area contributed by atoms with Crippen LogP contribution in [0.5, 0.6) is 0 Å². The molecule has 31 heavy (non-hydrogen) atoms. The molecule has 0 unspecified atom stereocenters. The molecule has 0 saturated heterocycles. The number of pyridine rings is 1. The molecule has 0 bridgehead atoms. The van der Waals surface area contributed by atoms with Crippen LogP contribution in [0.2, 0.25) is 0 Å². The first-order valence-electron chi connectivity index (χ1n) is 9.52. The number of nitrogens with one attached hydrogen (secondary N) is 1. The predicted octanol–water partition coefficient (Wildman–Crippen LogP) is 4.80. The highest BCUT2D eigenvalue weighted by Gasteiger charge is 2.30. The van der Waals surface area contributed by atoms with E-state index in [4.69, 9.17) is 11.7 Å². The minimum Gasteiger partial charge on any atom is -0.302 e. The number of anilines is 1. The molecule has 1 aliphatic carbocycles. The van der Waals surface area contributed by atoms with E-state index < -0.39 is 5.82 Å². The highest BCUT2D eigenvalue weighted by Crippen LogP contribution is 2.44. The van der Waals surface area contributed by atoms with Gasteiger partial charge in [0, 0.05) is 30.4 Å². The van der Waals surface area contributed by atoms with Crippen molar-refractivity contribution in [3.63, 3.8) is 0 Å². The zero-order valence-corrected chi connectivity index (χ0v) is 17.2. The number of carbonyl (C=O) groups is 1. The van der Waals surface area contributed by atoms with E-state index in [1.54, 1.807) is 17.1 Å². The van der Waals surface area contributed by atoms with Crippen LogP contribution < -0.4 is 5.32 Å². The van der Waals surface area contributed by atoms with E-state index in [0.717, 1.165) is 33.1 Å². The molecule has 0 atom stereocenters. The van der Waals surface area contributed by atoms with Crippen molar-refractivity contribution in [3.05, 3.63) is 71.2 Å². The molecule has 0 fully saturated rings. The van der Waals surface area contributed by atoms with Crippen molar-refractivity contribution < 1.29 is 9.18 Å². The lowest BCUT2D eigenvalue weighted by Gasteiger charge is -2.14. The van der Waals surface area contributed by atoms with Crippen molar-refractivity contribution in [2.75, 3.05) is 5.32 Å². The van der Waals surface area contributed by atoms with Crippen LogP contribution in [0, 0.1) is 12.4 Å². The number of aromatic nitrogens is 4. The number of halogens is 1. The van der Waals surface area contributed by atoms with Gasteiger partial charge in [0.15, 0.2) is 10.8 Å². The van der Waals surface area contributed by atoms with Crippen LogP contribution in [0.25, 0.3) is 32.4 Å². The van der Waals surface area contributed by atoms with Gasteiger partial charge in [0.05, 0.1) is 34.2 Å². The molecule has 7 nitrogen and oxygen atoms in total. The Morgan fingerprint density at radius 1 is 1.32 bits per heavy atom. The van der Waals surface area contributed by atoms with Crippen LogP contribution >= 0.6 is 11.3 Å². The third kappa shape index (κ3) is 3.27. The van der Waals surface area contributed by atoms with Crippen LogP contribution in [0.15, 0.2) is 42.7 Å². The molecule has 0 aliphatic heterocycles. The minimum atomic E-state index is -0.478. The predicted molar refractivity (Wildman–Crippen MR) is 116 cm³/mol. The maximum atomic E-state index is 14.9. The number of hydrogen-bond acceptors (Lipinski definition) is 5. The number of rotatable bonds is 3. The summed E-state index contributed by atoms with van der Waals surface area (Å²) in [5, 5.41) is 7.99. The zero-order valence-electron chi connectivity index (χ0n) is 16.4. The van der Waals surface area contributed by atoms with Gasteiger partial charge in [-0.05, 0) is 37.1 Å². The van der Waals surface area contributed by atoms with Crippen molar-refractivity contribution in [3.8, 4) is 27.5 Å². The quantitative estimate of drug-likeness (QED) is 0.474. The Morgan fingerprint density at radius 3 is 2.94 bits per heavy atom. The molecule has 0 radical (unpaired) electrons. The van der Waals surface area contributed by atoms with Crippen molar-refractivity contribution in [1.29, 1.82) is 0 Å². The molecule has 1 aromatic carbocycles. The molecule has 4 aromatic rings. The summed E-state index contributed by atoms with van der Waals surface area (Å²) >= 11 is 1.34. The third-order valence-corrected chi connectivity index (χ3v) is 6.03. The summed E-state index contributed by atoms with van der Waals surface area (Å²) in [6.07, 6.45) is 4.76. The van der Waals surface area contributed by atoms with E-state index in [1.807, 2.05) is 12.1 Å². The highest BCUT2D eigenvalue weighted by molar-refractivity contribution is 7.19. The third-order valence-electron chi connectivity index (χ3n) is 5.01. The first-order valence-corrected chi connectivity index (χ1v) is 10.3. The van der Waals surface area contributed by atoms with Gasteiger partial charge in [-0.2, -0.15) is 5.10 Å². The van der Waals surface area contributed by atoms with Gasteiger partial charge in [-0.15, -0.1) is 0 Å². The average molecular weight is 430 g/mol. The maximum absolute atomic E-state index is 14.9. The van der Waals surface area contributed by atoms with Gasteiger partial charge < -0.3 is 5.32 Å². The summed E-state index contributed by atoms with van der Waals surface area (Å²) in [5.41, 5.74) is 4.60. The monoisotopic (exact) mass is 430 g/mol. The Morgan fingerprint density at radius 2 is 2.19 bits per heavy atom. The Bertz CT molecular complexity index is 1370. The van der Waals surface area contributed by atoms with Gasteiger partial charge in [-0.1, -0.05) is 17.4 Å². The highest BCUT2D eigenvalue weighted by atomic mass is 32.1. The SMILES string of the molecule is [C-]#[N+]c1ccc(F)c(-n2nc(-c3cccnc3)c3c2-c2sc(NC(C)=O)nc2CC3)c1. The Hall–Kier alpha value is -3.90. The molecule has 0 saturated carbocycles. The van der Waals surface area contributed by atoms with Crippen LogP contribution in [0.4, 0.5) is 15.2 Å². The van der Waals surface area contributed by atoms with Crippen molar-refractivity contribution in [2.24, 2.45) is 0 Å². The molecule has 1 N–H and O–H groups in total. The molecule has 1 amide bonds. The van der Waals surface area contributed by atoms with E-state index in [0.29, 0.717) is 23.7 Å². The second-order valence-corrected chi connectivity index (χ2v) is 8.05. The molecule has 3 heterocycles. The van der Waals surface area contributed by atoms with Crippen LogP contribution in [-0.4, -0.2) is 25.7 Å². The van der Waals surface area contributed by atoms with E-state index in [1.165, 1.54) is 36.5 Å². The van der Waals surface area contributed by atoms with Crippen LogP contribution in [-0.2, 0) is 17.6 Å².